The highest BCUT2D eigenvalue weighted by Gasteiger charge is 2.29. The average Bonchev–Trinajstić information content (AvgIpc) is 3.27. The lowest BCUT2D eigenvalue weighted by Gasteiger charge is -2.33. The molecule has 0 radical (unpaired) electrons. The molecule has 3 aromatic heterocycles. The standard InChI is InChI=1S/C20H27N7O2/c1-20(2,3)29-19(28)27-8-5-6-14(11-27)16-13-26-9-7-21-17(18(26)24-16)23-15-10-22-25(4)12-15/h7,9-10,12-14H,5-6,8,11H2,1-4H3,(H,21,23). The van der Waals surface area contributed by atoms with Crippen LogP contribution >= 0.6 is 0 Å². The number of imidazole rings is 1. The maximum absolute atomic E-state index is 12.5. The maximum atomic E-state index is 12.5. The van der Waals surface area contributed by atoms with Crippen molar-refractivity contribution in [3.8, 4) is 0 Å². The molecule has 4 rings (SSSR count). The third-order valence-electron chi connectivity index (χ3n) is 4.85. The largest absolute Gasteiger partial charge is 0.444 e. The molecule has 9 heteroatoms. The third-order valence-corrected chi connectivity index (χ3v) is 4.85. The zero-order valence-corrected chi connectivity index (χ0v) is 17.3. The first-order chi connectivity index (χ1) is 13.8. The lowest BCUT2D eigenvalue weighted by Crippen LogP contribution is -2.42. The molecule has 1 unspecified atom stereocenters. The monoisotopic (exact) mass is 397 g/mol. The van der Waals surface area contributed by atoms with Gasteiger partial charge in [-0.25, -0.2) is 14.8 Å². The summed E-state index contributed by atoms with van der Waals surface area (Å²) in [6.07, 6.45) is 10.9. The van der Waals surface area contributed by atoms with E-state index in [0.717, 1.165) is 29.9 Å². The molecule has 1 amide bonds. The molecule has 3 aromatic rings. The Bertz CT molecular complexity index is 1020. The summed E-state index contributed by atoms with van der Waals surface area (Å²) >= 11 is 0. The number of ether oxygens (including phenoxy) is 1. The Kier molecular flexibility index (Phi) is 4.89. The molecule has 1 aliphatic heterocycles. The summed E-state index contributed by atoms with van der Waals surface area (Å²) in [5.74, 6) is 0.842. The number of amides is 1. The molecule has 0 saturated carbocycles. The van der Waals surface area contributed by atoms with Gasteiger partial charge >= 0.3 is 6.09 Å². The first-order valence-corrected chi connectivity index (χ1v) is 9.86. The SMILES string of the molecule is Cn1cc(Nc2nccn3cc(C4CCCN(C(=O)OC(C)(C)C)C4)nc23)cn1. The summed E-state index contributed by atoms with van der Waals surface area (Å²) in [7, 11) is 1.87. The first kappa shape index (κ1) is 19.2. The molecule has 1 saturated heterocycles. The first-order valence-electron chi connectivity index (χ1n) is 9.86. The van der Waals surface area contributed by atoms with E-state index in [9.17, 15) is 4.79 Å². The minimum atomic E-state index is -0.494. The number of likely N-dealkylation sites (tertiary alicyclic amines) is 1. The minimum absolute atomic E-state index is 0.169. The van der Waals surface area contributed by atoms with E-state index in [4.69, 9.17) is 9.72 Å². The van der Waals surface area contributed by atoms with Gasteiger partial charge in [0.15, 0.2) is 11.5 Å². The van der Waals surface area contributed by atoms with Crippen molar-refractivity contribution >= 4 is 23.2 Å². The lowest BCUT2D eigenvalue weighted by atomic mass is 9.95. The highest BCUT2D eigenvalue weighted by atomic mass is 16.6. The van der Waals surface area contributed by atoms with Gasteiger partial charge in [-0.15, -0.1) is 0 Å². The van der Waals surface area contributed by atoms with E-state index in [2.05, 4.69) is 15.4 Å². The summed E-state index contributed by atoms with van der Waals surface area (Å²) < 4.78 is 9.24. The third kappa shape index (κ3) is 4.33. The van der Waals surface area contributed by atoms with Gasteiger partial charge < -0.3 is 19.4 Å². The highest BCUT2D eigenvalue weighted by Crippen LogP contribution is 2.29. The Morgan fingerprint density at radius 2 is 2.14 bits per heavy atom. The van der Waals surface area contributed by atoms with Crippen LogP contribution in [0.5, 0.6) is 0 Å². The van der Waals surface area contributed by atoms with Crippen LogP contribution in [0.2, 0.25) is 0 Å². The average molecular weight is 397 g/mol. The normalized spacial score (nSPS) is 17.5. The van der Waals surface area contributed by atoms with Crippen molar-refractivity contribution in [1.82, 2.24) is 29.0 Å². The lowest BCUT2D eigenvalue weighted by molar-refractivity contribution is 0.0197. The van der Waals surface area contributed by atoms with Crippen LogP contribution in [-0.4, -0.2) is 53.8 Å². The number of nitrogens with one attached hydrogen (secondary N) is 1. The number of aryl methyl sites for hydroxylation is 1. The molecule has 0 bridgehead atoms. The molecular formula is C20H27N7O2. The van der Waals surface area contributed by atoms with Crippen molar-refractivity contribution in [2.75, 3.05) is 18.4 Å². The molecule has 29 heavy (non-hydrogen) atoms. The maximum Gasteiger partial charge on any atom is 0.410 e. The van der Waals surface area contributed by atoms with Crippen molar-refractivity contribution in [1.29, 1.82) is 0 Å². The molecule has 0 spiro atoms. The number of rotatable bonds is 3. The van der Waals surface area contributed by atoms with Crippen LogP contribution in [0.1, 0.15) is 45.2 Å². The summed E-state index contributed by atoms with van der Waals surface area (Å²) in [6, 6.07) is 0. The van der Waals surface area contributed by atoms with Crippen LogP contribution in [0.3, 0.4) is 0 Å². The second kappa shape index (κ2) is 7.38. The van der Waals surface area contributed by atoms with Crippen LogP contribution in [0.4, 0.5) is 16.3 Å². The fourth-order valence-electron chi connectivity index (χ4n) is 3.56. The van der Waals surface area contributed by atoms with Crippen molar-refractivity contribution in [3.05, 3.63) is 36.7 Å². The molecule has 1 atom stereocenters. The van der Waals surface area contributed by atoms with Crippen LogP contribution in [0.25, 0.3) is 5.65 Å². The topological polar surface area (TPSA) is 89.6 Å². The van der Waals surface area contributed by atoms with Gasteiger partial charge in [0.05, 0.1) is 17.6 Å². The molecule has 9 nitrogen and oxygen atoms in total. The predicted molar refractivity (Wildman–Crippen MR) is 109 cm³/mol. The van der Waals surface area contributed by atoms with Crippen LogP contribution < -0.4 is 5.32 Å². The fraction of sp³-hybridized carbons (Fsp3) is 0.500. The van der Waals surface area contributed by atoms with Gasteiger partial charge in [-0.1, -0.05) is 0 Å². The second-order valence-corrected chi connectivity index (χ2v) is 8.47. The molecule has 1 fully saturated rings. The molecule has 0 aromatic carbocycles. The molecule has 1 N–H and O–H groups in total. The zero-order valence-electron chi connectivity index (χ0n) is 17.3. The van der Waals surface area contributed by atoms with Crippen LogP contribution in [0.15, 0.2) is 31.0 Å². The summed E-state index contributed by atoms with van der Waals surface area (Å²) in [4.78, 5) is 23.5. The number of hydrogen-bond acceptors (Lipinski definition) is 6. The van der Waals surface area contributed by atoms with E-state index in [1.54, 1.807) is 22.0 Å². The Balaban J connectivity index is 1.54. The number of anilines is 2. The number of carbonyl (C=O) groups excluding carboxylic acids is 1. The summed E-state index contributed by atoms with van der Waals surface area (Å²) in [5.41, 5.74) is 2.07. The van der Waals surface area contributed by atoms with E-state index in [1.165, 1.54) is 0 Å². The van der Waals surface area contributed by atoms with E-state index in [-0.39, 0.29) is 12.0 Å². The van der Waals surface area contributed by atoms with Gasteiger partial charge in [-0.05, 0) is 33.6 Å². The Labute approximate surface area is 169 Å². The van der Waals surface area contributed by atoms with Gasteiger partial charge in [0, 0.05) is 50.8 Å². The quantitative estimate of drug-likeness (QED) is 0.729. The smallest absolute Gasteiger partial charge is 0.410 e. The van der Waals surface area contributed by atoms with E-state index < -0.39 is 5.60 Å². The van der Waals surface area contributed by atoms with Crippen LogP contribution in [0, 0.1) is 0 Å². The van der Waals surface area contributed by atoms with Crippen LogP contribution in [-0.2, 0) is 11.8 Å². The van der Waals surface area contributed by atoms with Crippen molar-refractivity contribution in [2.45, 2.75) is 45.1 Å². The Morgan fingerprint density at radius 1 is 1.31 bits per heavy atom. The van der Waals surface area contributed by atoms with E-state index in [1.807, 2.05) is 50.8 Å². The highest BCUT2D eigenvalue weighted by molar-refractivity contribution is 5.70. The summed E-state index contributed by atoms with van der Waals surface area (Å²) in [5, 5.41) is 7.45. The van der Waals surface area contributed by atoms with Crippen molar-refractivity contribution < 1.29 is 9.53 Å². The number of fused-ring (bicyclic) bond motifs is 1. The molecule has 154 valence electrons. The number of carbonyl (C=O) groups is 1. The molecular weight excluding hydrogens is 370 g/mol. The van der Waals surface area contributed by atoms with Gasteiger partial charge in [-0.3, -0.25) is 4.68 Å². The minimum Gasteiger partial charge on any atom is -0.444 e. The summed E-state index contributed by atoms with van der Waals surface area (Å²) in [6.45, 7) is 6.99. The number of hydrogen-bond donors (Lipinski definition) is 1. The predicted octanol–water partition coefficient (Wildman–Crippen LogP) is 3.32. The second-order valence-electron chi connectivity index (χ2n) is 8.47. The van der Waals surface area contributed by atoms with E-state index >= 15 is 0 Å². The molecule has 1 aliphatic rings. The Hall–Kier alpha value is -3.10. The van der Waals surface area contributed by atoms with Crippen molar-refractivity contribution in [2.24, 2.45) is 7.05 Å². The van der Waals surface area contributed by atoms with E-state index in [0.29, 0.717) is 18.9 Å². The number of nitrogens with zero attached hydrogens (tertiary/aromatic N) is 6. The zero-order chi connectivity index (χ0) is 20.6. The number of aromatic nitrogens is 5. The molecule has 0 aliphatic carbocycles. The van der Waals surface area contributed by atoms with Crippen molar-refractivity contribution in [3.63, 3.8) is 0 Å². The van der Waals surface area contributed by atoms with Gasteiger partial charge in [0.1, 0.15) is 5.60 Å². The number of piperidine rings is 1. The Morgan fingerprint density at radius 3 is 2.86 bits per heavy atom. The van der Waals surface area contributed by atoms with Gasteiger partial charge in [0.25, 0.3) is 0 Å². The molecule has 4 heterocycles. The van der Waals surface area contributed by atoms with Gasteiger partial charge in [-0.2, -0.15) is 5.10 Å². The van der Waals surface area contributed by atoms with Gasteiger partial charge in [0.2, 0.25) is 0 Å². The fourth-order valence-corrected chi connectivity index (χ4v) is 3.56.